The van der Waals surface area contributed by atoms with Crippen LogP contribution in [-0.4, -0.2) is 20.2 Å². The zero-order valence-electron chi connectivity index (χ0n) is 12.7. The van der Waals surface area contributed by atoms with Crippen LogP contribution in [0.25, 0.3) is 0 Å². The predicted molar refractivity (Wildman–Crippen MR) is 81.6 cm³/mol. The predicted octanol–water partition coefficient (Wildman–Crippen LogP) is 2.46. The molecule has 0 aliphatic rings. The summed E-state index contributed by atoms with van der Waals surface area (Å²) in [4.78, 5) is 0. The summed E-state index contributed by atoms with van der Waals surface area (Å²) < 4.78 is 5.45. The Morgan fingerprint density at radius 1 is 1.16 bits per heavy atom. The van der Waals surface area contributed by atoms with Gasteiger partial charge < -0.3 is 16.2 Å². The average molecular weight is 264 g/mol. The lowest BCUT2D eigenvalue weighted by atomic mass is 9.84. The second kappa shape index (κ2) is 6.92. The molecule has 3 nitrogen and oxygen atoms in total. The Labute approximate surface area is 117 Å². The Morgan fingerprint density at radius 3 is 2.26 bits per heavy atom. The van der Waals surface area contributed by atoms with Crippen molar-refractivity contribution in [3.05, 3.63) is 29.3 Å². The minimum atomic E-state index is 0.0858. The van der Waals surface area contributed by atoms with Crippen LogP contribution in [0.1, 0.15) is 38.3 Å². The van der Waals surface area contributed by atoms with E-state index in [1.54, 1.807) is 7.11 Å². The van der Waals surface area contributed by atoms with Gasteiger partial charge in [-0.2, -0.15) is 0 Å². The van der Waals surface area contributed by atoms with Gasteiger partial charge in [0, 0.05) is 0 Å². The summed E-state index contributed by atoms with van der Waals surface area (Å²) in [6.07, 6.45) is 2.06. The fourth-order valence-corrected chi connectivity index (χ4v) is 2.20. The lowest BCUT2D eigenvalue weighted by Crippen LogP contribution is -2.23. The van der Waals surface area contributed by atoms with E-state index in [1.165, 1.54) is 11.1 Å². The first-order valence-electron chi connectivity index (χ1n) is 7.00. The number of benzene rings is 1. The van der Waals surface area contributed by atoms with Gasteiger partial charge in [0.25, 0.3) is 0 Å². The van der Waals surface area contributed by atoms with Gasteiger partial charge in [-0.15, -0.1) is 0 Å². The monoisotopic (exact) mass is 264 g/mol. The third-order valence-corrected chi connectivity index (χ3v) is 3.58. The van der Waals surface area contributed by atoms with Crippen LogP contribution in [-0.2, 0) is 11.8 Å². The largest absolute Gasteiger partial charge is 0.496 e. The van der Waals surface area contributed by atoms with Gasteiger partial charge in [0.1, 0.15) is 5.75 Å². The first-order valence-corrected chi connectivity index (χ1v) is 7.00. The second-order valence-corrected chi connectivity index (χ2v) is 6.16. The van der Waals surface area contributed by atoms with Crippen LogP contribution in [0.15, 0.2) is 18.2 Å². The van der Waals surface area contributed by atoms with Gasteiger partial charge in [-0.05, 0) is 54.5 Å². The van der Waals surface area contributed by atoms with Gasteiger partial charge in [-0.3, -0.25) is 0 Å². The first kappa shape index (κ1) is 16.0. The van der Waals surface area contributed by atoms with Crippen LogP contribution in [0.4, 0.5) is 0 Å². The van der Waals surface area contributed by atoms with E-state index in [4.69, 9.17) is 16.2 Å². The summed E-state index contributed by atoms with van der Waals surface area (Å²) in [7, 11) is 1.73. The summed E-state index contributed by atoms with van der Waals surface area (Å²) in [6.45, 7) is 7.95. The zero-order chi connectivity index (χ0) is 14.5. The molecular formula is C16H28N2O. The third-order valence-electron chi connectivity index (χ3n) is 3.58. The van der Waals surface area contributed by atoms with Crippen LogP contribution in [0.5, 0.6) is 5.75 Å². The quantitative estimate of drug-likeness (QED) is 0.829. The lowest BCUT2D eigenvalue weighted by molar-refractivity contribution is 0.397. The summed E-state index contributed by atoms with van der Waals surface area (Å²) in [5, 5.41) is 0. The van der Waals surface area contributed by atoms with Crippen LogP contribution in [0.2, 0.25) is 0 Å². The number of ether oxygens (including phenoxy) is 1. The number of aryl methyl sites for hydroxylation is 1. The molecule has 0 radical (unpaired) electrons. The summed E-state index contributed by atoms with van der Waals surface area (Å²) >= 11 is 0. The molecule has 1 aromatic carbocycles. The Bertz CT molecular complexity index is 392. The minimum Gasteiger partial charge on any atom is -0.496 e. The maximum absolute atomic E-state index is 5.69. The SMILES string of the molecule is COc1ccc(CCC(CN)CN)cc1C(C)(C)C. The van der Waals surface area contributed by atoms with Crippen LogP contribution < -0.4 is 16.2 Å². The molecule has 1 aromatic rings. The Kier molecular flexibility index (Phi) is 5.83. The van der Waals surface area contributed by atoms with Gasteiger partial charge in [0.15, 0.2) is 0 Å². The highest BCUT2D eigenvalue weighted by Gasteiger charge is 2.19. The number of nitrogens with two attached hydrogens (primary N) is 2. The van der Waals surface area contributed by atoms with Crippen molar-refractivity contribution in [1.29, 1.82) is 0 Å². The van der Waals surface area contributed by atoms with Crippen LogP contribution in [0.3, 0.4) is 0 Å². The molecule has 3 heteroatoms. The molecule has 0 saturated carbocycles. The van der Waals surface area contributed by atoms with Gasteiger partial charge in [-0.25, -0.2) is 0 Å². The van der Waals surface area contributed by atoms with E-state index in [0.29, 0.717) is 19.0 Å². The van der Waals surface area contributed by atoms with E-state index >= 15 is 0 Å². The highest BCUT2D eigenvalue weighted by atomic mass is 16.5. The summed E-state index contributed by atoms with van der Waals surface area (Å²) in [6, 6.07) is 6.46. The molecule has 0 aliphatic carbocycles. The van der Waals surface area contributed by atoms with Gasteiger partial charge in [0.05, 0.1) is 7.11 Å². The van der Waals surface area contributed by atoms with Crippen molar-refractivity contribution >= 4 is 0 Å². The Balaban J connectivity index is 2.87. The van der Waals surface area contributed by atoms with E-state index in [2.05, 4.69) is 39.0 Å². The molecule has 0 fully saturated rings. The van der Waals surface area contributed by atoms with Crippen molar-refractivity contribution in [2.24, 2.45) is 17.4 Å². The van der Waals surface area contributed by atoms with E-state index in [-0.39, 0.29) is 5.41 Å². The number of rotatable bonds is 6. The molecule has 0 aliphatic heterocycles. The second-order valence-electron chi connectivity index (χ2n) is 6.16. The Hall–Kier alpha value is -1.06. The standard InChI is InChI=1S/C16H28N2O/c1-16(2,3)14-9-12(7-8-15(14)19-4)5-6-13(10-17)11-18/h7-9,13H,5-6,10-11,17-18H2,1-4H3. The molecule has 0 amide bonds. The third kappa shape index (κ3) is 4.51. The van der Waals surface area contributed by atoms with Crippen molar-refractivity contribution in [3.63, 3.8) is 0 Å². The number of methoxy groups -OCH3 is 1. The topological polar surface area (TPSA) is 61.3 Å². The minimum absolute atomic E-state index is 0.0858. The van der Waals surface area contributed by atoms with Gasteiger partial charge >= 0.3 is 0 Å². The molecule has 0 saturated heterocycles. The van der Waals surface area contributed by atoms with E-state index < -0.39 is 0 Å². The van der Waals surface area contributed by atoms with E-state index in [0.717, 1.165) is 18.6 Å². The molecule has 0 bridgehead atoms. The molecule has 19 heavy (non-hydrogen) atoms. The molecule has 0 unspecified atom stereocenters. The first-order chi connectivity index (χ1) is 8.92. The van der Waals surface area contributed by atoms with Gasteiger partial charge in [-0.1, -0.05) is 32.9 Å². The fraction of sp³-hybridized carbons (Fsp3) is 0.625. The normalized spacial score (nSPS) is 11.9. The summed E-state index contributed by atoms with van der Waals surface area (Å²) in [5.41, 5.74) is 14.1. The van der Waals surface area contributed by atoms with Crippen molar-refractivity contribution in [2.45, 2.75) is 39.0 Å². The molecule has 4 N–H and O–H groups in total. The van der Waals surface area contributed by atoms with E-state index in [9.17, 15) is 0 Å². The number of hydrogen-bond donors (Lipinski definition) is 2. The fourth-order valence-electron chi connectivity index (χ4n) is 2.20. The highest BCUT2D eigenvalue weighted by Crippen LogP contribution is 2.32. The Morgan fingerprint density at radius 2 is 1.79 bits per heavy atom. The molecule has 0 atom stereocenters. The summed E-state index contributed by atoms with van der Waals surface area (Å²) in [5.74, 6) is 1.38. The maximum atomic E-state index is 5.69. The maximum Gasteiger partial charge on any atom is 0.122 e. The zero-order valence-corrected chi connectivity index (χ0v) is 12.7. The van der Waals surface area contributed by atoms with Gasteiger partial charge in [0.2, 0.25) is 0 Å². The number of hydrogen-bond acceptors (Lipinski definition) is 3. The average Bonchev–Trinajstić information content (AvgIpc) is 2.38. The molecule has 108 valence electrons. The molecular weight excluding hydrogens is 236 g/mol. The van der Waals surface area contributed by atoms with E-state index in [1.807, 2.05) is 0 Å². The van der Waals surface area contributed by atoms with Crippen molar-refractivity contribution in [2.75, 3.05) is 20.2 Å². The van der Waals surface area contributed by atoms with Crippen LogP contribution >= 0.6 is 0 Å². The van der Waals surface area contributed by atoms with Crippen LogP contribution in [0, 0.1) is 5.92 Å². The lowest BCUT2D eigenvalue weighted by Gasteiger charge is -2.23. The van der Waals surface area contributed by atoms with Crippen molar-refractivity contribution in [3.8, 4) is 5.75 Å². The smallest absolute Gasteiger partial charge is 0.122 e. The van der Waals surface area contributed by atoms with Crippen molar-refractivity contribution < 1.29 is 4.74 Å². The molecule has 1 rings (SSSR count). The molecule has 0 heterocycles. The highest BCUT2D eigenvalue weighted by molar-refractivity contribution is 5.41. The van der Waals surface area contributed by atoms with Crippen molar-refractivity contribution in [1.82, 2.24) is 0 Å². The molecule has 0 aromatic heterocycles. The molecule has 0 spiro atoms.